The maximum absolute atomic E-state index is 12.6. The first-order chi connectivity index (χ1) is 15.4. The molecular weight excluding hydrogens is 432 g/mol. The van der Waals surface area contributed by atoms with Crippen molar-refractivity contribution in [2.75, 3.05) is 10.0 Å². The fourth-order valence-electron chi connectivity index (χ4n) is 2.73. The fourth-order valence-corrected chi connectivity index (χ4v) is 3.69. The van der Waals surface area contributed by atoms with E-state index in [9.17, 15) is 18.0 Å². The molecule has 11 heteroatoms. The maximum Gasteiger partial charge on any atom is 0.280 e. The molecular formula is C21H16N6O4S. The van der Waals surface area contributed by atoms with Gasteiger partial charge in [0.1, 0.15) is 0 Å². The summed E-state index contributed by atoms with van der Waals surface area (Å²) in [7, 11) is -3.91. The van der Waals surface area contributed by atoms with E-state index in [0.29, 0.717) is 11.4 Å². The van der Waals surface area contributed by atoms with Gasteiger partial charge >= 0.3 is 0 Å². The van der Waals surface area contributed by atoms with E-state index in [-0.39, 0.29) is 16.5 Å². The summed E-state index contributed by atoms with van der Waals surface area (Å²) in [6.07, 6.45) is 4.29. The van der Waals surface area contributed by atoms with Crippen LogP contribution in [-0.4, -0.2) is 34.1 Å². The molecule has 2 N–H and O–H groups in total. The summed E-state index contributed by atoms with van der Waals surface area (Å²) in [6, 6.07) is 17.3. The number of rotatable bonds is 6. The van der Waals surface area contributed by atoms with Gasteiger partial charge in [-0.25, -0.2) is 27.8 Å². The van der Waals surface area contributed by atoms with E-state index in [0.717, 1.165) is 0 Å². The minimum Gasteiger partial charge on any atom is -0.320 e. The number of carbonyl (C=O) groups is 1. The van der Waals surface area contributed by atoms with E-state index in [1.807, 2.05) is 18.2 Å². The van der Waals surface area contributed by atoms with Gasteiger partial charge < -0.3 is 5.32 Å². The van der Waals surface area contributed by atoms with E-state index in [1.54, 1.807) is 18.2 Å². The molecule has 0 aliphatic rings. The number of carbonyl (C=O) groups excluding carboxylic acids is 1. The van der Waals surface area contributed by atoms with Crippen molar-refractivity contribution in [1.82, 2.24) is 19.7 Å². The number of hydrogen-bond acceptors (Lipinski definition) is 7. The average molecular weight is 448 g/mol. The molecule has 0 saturated carbocycles. The number of para-hydroxylation sites is 1. The molecule has 0 atom stereocenters. The first kappa shape index (κ1) is 20.9. The summed E-state index contributed by atoms with van der Waals surface area (Å²) in [5.74, 6) is -0.776. The Balaban J connectivity index is 1.52. The summed E-state index contributed by atoms with van der Waals surface area (Å²) in [5.41, 5.74) is 0.143. The summed E-state index contributed by atoms with van der Waals surface area (Å²) in [6.45, 7) is 0. The molecule has 1 amide bonds. The zero-order valence-corrected chi connectivity index (χ0v) is 17.2. The number of aromatic nitrogens is 4. The van der Waals surface area contributed by atoms with Crippen LogP contribution in [0.3, 0.4) is 0 Å². The molecule has 0 bridgehead atoms. The minimum absolute atomic E-state index is 0.0489. The number of amides is 1. The lowest BCUT2D eigenvalue weighted by Crippen LogP contribution is -2.25. The van der Waals surface area contributed by atoms with Crippen LogP contribution in [0.5, 0.6) is 0 Å². The molecule has 0 spiro atoms. The van der Waals surface area contributed by atoms with Crippen LogP contribution in [0, 0.1) is 0 Å². The van der Waals surface area contributed by atoms with E-state index < -0.39 is 21.4 Å². The third kappa shape index (κ3) is 4.68. The number of nitrogens with one attached hydrogen (secondary N) is 2. The van der Waals surface area contributed by atoms with Gasteiger partial charge in [-0.15, -0.1) is 0 Å². The van der Waals surface area contributed by atoms with Gasteiger partial charge in [0.25, 0.3) is 15.9 Å². The molecule has 32 heavy (non-hydrogen) atoms. The molecule has 0 aliphatic carbocycles. The molecule has 10 nitrogen and oxygen atoms in total. The summed E-state index contributed by atoms with van der Waals surface area (Å²) in [5, 5.41) is 6.67. The van der Waals surface area contributed by atoms with Crippen LogP contribution in [-0.2, 0) is 10.0 Å². The molecule has 160 valence electrons. The number of hydrogen-bond donors (Lipinski definition) is 2. The third-order valence-corrected chi connectivity index (χ3v) is 5.60. The van der Waals surface area contributed by atoms with Gasteiger partial charge in [-0.3, -0.25) is 9.59 Å². The average Bonchev–Trinajstić information content (AvgIpc) is 2.80. The summed E-state index contributed by atoms with van der Waals surface area (Å²) < 4.78 is 28.6. The Morgan fingerprint density at radius 2 is 1.56 bits per heavy atom. The van der Waals surface area contributed by atoms with Crippen molar-refractivity contribution >= 4 is 27.6 Å². The zero-order valence-electron chi connectivity index (χ0n) is 16.4. The zero-order chi connectivity index (χ0) is 22.6. The van der Waals surface area contributed by atoms with Crippen LogP contribution in [0.4, 0.5) is 11.6 Å². The molecule has 0 radical (unpaired) electrons. The molecule has 2 aromatic carbocycles. The molecule has 0 saturated heterocycles. The second kappa shape index (κ2) is 8.78. The predicted molar refractivity (Wildman–Crippen MR) is 117 cm³/mol. The van der Waals surface area contributed by atoms with Crippen molar-refractivity contribution in [2.24, 2.45) is 0 Å². The van der Waals surface area contributed by atoms with Gasteiger partial charge in [-0.05, 0) is 42.5 Å². The van der Waals surface area contributed by atoms with Crippen molar-refractivity contribution in [3.8, 4) is 5.69 Å². The highest BCUT2D eigenvalue weighted by Crippen LogP contribution is 2.16. The van der Waals surface area contributed by atoms with Gasteiger partial charge in [0.05, 0.1) is 10.6 Å². The third-order valence-electron chi connectivity index (χ3n) is 4.26. The highest BCUT2D eigenvalue weighted by Gasteiger charge is 2.17. The minimum atomic E-state index is -3.91. The topological polar surface area (TPSA) is 136 Å². The SMILES string of the molecule is O=C(Nc1ccc(S(=O)(=O)Nc2ncccn2)cc1)c1nn(-c2ccccc2)ccc1=O. The Morgan fingerprint density at radius 3 is 2.25 bits per heavy atom. The fraction of sp³-hybridized carbons (Fsp3) is 0. The van der Waals surface area contributed by atoms with E-state index in [1.165, 1.54) is 53.6 Å². The van der Waals surface area contributed by atoms with Gasteiger partial charge in [0.15, 0.2) is 5.69 Å². The lowest BCUT2D eigenvalue weighted by atomic mass is 10.3. The Morgan fingerprint density at radius 1 is 0.875 bits per heavy atom. The van der Waals surface area contributed by atoms with E-state index in [4.69, 9.17) is 0 Å². The summed E-state index contributed by atoms with van der Waals surface area (Å²) >= 11 is 0. The Hall–Kier alpha value is -4.38. The smallest absolute Gasteiger partial charge is 0.280 e. The largest absolute Gasteiger partial charge is 0.320 e. The Kier molecular flexibility index (Phi) is 5.73. The van der Waals surface area contributed by atoms with Crippen LogP contribution in [0.2, 0.25) is 0 Å². The van der Waals surface area contributed by atoms with E-state index >= 15 is 0 Å². The van der Waals surface area contributed by atoms with Crippen LogP contribution < -0.4 is 15.5 Å². The van der Waals surface area contributed by atoms with Gasteiger partial charge in [0, 0.05) is 30.3 Å². The monoisotopic (exact) mass is 448 g/mol. The first-order valence-corrected chi connectivity index (χ1v) is 10.8. The van der Waals surface area contributed by atoms with Gasteiger partial charge in [-0.2, -0.15) is 5.10 Å². The molecule has 2 heterocycles. The van der Waals surface area contributed by atoms with Crippen LogP contribution in [0.1, 0.15) is 10.5 Å². The molecule has 2 aromatic heterocycles. The highest BCUT2D eigenvalue weighted by molar-refractivity contribution is 7.92. The van der Waals surface area contributed by atoms with Crippen molar-refractivity contribution in [3.63, 3.8) is 0 Å². The molecule has 0 aliphatic heterocycles. The first-order valence-electron chi connectivity index (χ1n) is 9.29. The molecule has 4 aromatic rings. The summed E-state index contributed by atoms with van der Waals surface area (Å²) in [4.78, 5) is 32.4. The predicted octanol–water partition coefficient (Wildman–Crippen LogP) is 2.08. The standard InChI is InChI=1S/C21H16N6O4S/c28-18-11-14-27(16-5-2-1-3-6-16)25-19(18)20(29)24-15-7-9-17(10-8-15)32(30,31)26-21-22-12-4-13-23-21/h1-14H,(H,24,29)(H,22,23,26). The lowest BCUT2D eigenvalue weighted by Gasteiger charge is -2.09. The maximum atomic E-state index is 12.6. The second-order valence-corrected chi connectivity index (χ2v) is 8.15. The molecule has 0 fully saturated rings. The Bertz CT molecular complexity index is 1410. The Labute approximate surface area is 182 Å². The molecule has 0 unspecified atom stereocenters. The number of nitrogens with zero attached hydrogens (tertiary/aromatic N) is 4. The quantitative estimate of drug-likeness (QED) is 0.461. The van der Waals surface area contributed by atoms with Crippen molar-refractivity contribution in [2.45, 2.75) is 4.90 Å². The van der Waals surface area contributed by atoms with E-state index in [2.05, 4.69) is 25.1 Å². The number of sulfonamides is 1. The van der Waals surface area contributed by atoms with Crippen LogP contribution in [0.15, 0.2) is 95.0 Å². The number of benzene rings is 2. The van der Waals surface area contributed by atoms with Gasteiger partial charge in [-0.1, -0.05) is 18.2 Å². The lowest BCUT2D eigenvalue weighted by molar-refractivity contribution is 0.101. The van der Waals surface area contributed by atoms with Crippen LogP contribution >= 0.6 is 0 Å². The number of anilines is 2. The van der Waals surface area contributed by atoms with Crippen molar-refractivity contribution in [3.05, 3.63) is 101 Å². The van der Waals surface area contributed by atoms with Crippen LogP contribution in [0.25, 0.3) is 5.69 Å². The second-order valence-electron chi connectivity index (χ2n) is 6.47. The van der Waals surface area contributed by atoms with Crippen molar-refractivity contribution < 1.29 is 13.2 Å². The molecule has 4 rings (SSSR count). The van der Waals surface area contributed by atoms with Gasteiger partial charge in [0.2, 0.25) is 11.4 Å². The van der Waals surface area contributed by atoms with Crippen molar-refractivity contribution in [1.29, 1.82) is 0 Å². The highest BCUT2D eigenvalue weighted by atomic mass is 32.2. The normalized spacial score (nSPS) is 11.0.